The van der Waals surface area contributed by atoms with E-state index < -0.39 is 5.82 Å². The lowest BCUT2D eigenvalue weighted by Gasteiger charge is -2.36. The van der Waals surface area contributed by atoms with E-state index >= 15 is 0 Å². The van der Waals surface area contributed by atoms with Gasteiger partial charge < -0.3 is 15.0 Å². The Morgan fingerprint density at radius 2 is 2.00 bits per heavy atom. The standard InChI is InChI=1S/C20H23ClFN3O2S2/c1-12-13(2)29-18(17(12)19(26)27-3)23-20(28)25-8-6-24(7-9-25)11-14-4-5-16(22)15(21)10-14/h4-5,10H,6-9,11H2,1-3H3,(H,23,28). The highest BCUT2D eigenvalue weighted by atomic mass is 35.5. The number of esters is 1. The van der Waals surface area contributed by atoms with Crippen molar-refractivity contribution in [3.63, 3.8) is 0 Å². The van der Waals surface area contributed by atoms with Crippen molar-refractivity contribution < 1.29 is 13.9 Å². The van der Waals surface area contributed by atoms with Crippen LogP contribution in [0.2, 0.25) is 5.02 Å². The van der Waals surface area contributed by atoms with Crippen molar-refractivity contribution in [1.82, 2.24) is 9.80 Å². The lowest BCUT2D eigenvalue weighted by atomic mass is 10.1. The number of thiocarbonyl (C=S) groups is 1. The second kappa shape index (κ2) is 9.38. The summed E-state index contributed by atoms with van der Waals surface area (Å²) in [4.78, 5) is 17.6. The van der Waals surface area contributed by atoms with Crippen LogP contribution in [0.5, 0.6) is 0 Å². The maximum Gasteiger partial charge on any atom is 0.341 e. The molecule has 5 nitrogen and oxygen atoms in total. The molecule has 3 rings (SSSR count). The zero-order valence-corrected chi connectivity index (χ0v) is 18.9. The number of rotatable bonds is 4. The van der Waals surface area contributed by atoms with Crippen LogP contribution in [0.15, 0.2) is 18.2 Å². The molecule has 1 fully saturated rings. The summed E-state index contributed by atoms with van der Waals surface area (Å²) in [6.07, 6.45) is 0. The summed E-state index contributed by atoms with van der Waals surface area (Å²) in [5.41, 5.74) is 2.44. The fourth-order valence-electron chi connectivity index (χ4n) is 3.24. The average Bonchev–Trinajstić information content (AvgIpc) is 2.98. The number of aryl methyl sites for hydroxylation is 1. The summed E-state index contributed by atoms with van der Waals surface area (Å²) in [7, 11) is 1.38. The molecule has 29 heavy (non-hydrogen) atoms. The Balaban J connectivity index is 1.59. The first kappa shape index (κ1) is 22.0. The molecule has 0 atom stereocenters. The maximum atomic E-state index is 13.3. The lowest BCUT2D eigenvalue weighted by Crippen LogP contribution is -2.49. The zero-order chi connectivity index (χ0) is 21.1. The number of carbonyl (C=O) groups excluding carboxylic acids is 1. The molecule has 2 heterocycles. The van der Waals surface area contributed by atoms with Crippen molar-refractivity contribution in [2.45, 2.75) is 20.4 Å². The van der Waals surface area contributed by atoms with E-state index in [9.17, 15) is 9.18 Å². The summed E-state index contributed by atoms with van der Waals surface area (Å²) in [5, 5.41) is 4.70. The number of carbonyl (C=O) groups is 1. The smallest absolute Gasteiger partial charge is 0.341 e. The Bertz CT molecular complexity index is 927. The van der Waals surface area contributed by atoms with Gasteiger partial charge in [-0.3, -0.25) is 4.90 Å². The van der Waals surface area contributed by atoms with E-state index in [0.717, 1.165) is 47.2 Å². The highest BCUT2D eigenvalue weighted by Gasteiger charge is 2.24. The number of piperazine rings is 1. The topological polar surface area (TPSA) is 44.8 Å². The summed E-state index contributed by atoms with van der Waals surface area (Å²) in [5.74, 6) is -0.762. The molecule has 1 saturated heterocycles. The van der Waals surface area contributed by atoms with Gasteiger partial charge in [-0.05, 0) is 49.3 Å². The van der Waals surface area contributed by atoms with Crippen LogP contribution in [0.1, 0.15) is 26.4 Å². The Labute approximate surface area is 184 Å². The first-order valence-corrected chi connectivity index (χ1v) is 10.8. The van der Waals surface area contributed by atoms with E-state index in [1.807, 2.05) is 13.8 Å². The van der Waals surface area contributed by atoms with Gasteiger partial charge in [-0.2, -0.15) is 0 Å². The van der Waals surface area contributed by atoms with E-state index in [1.165, 1.54) is 24.5 Å². The van der Waals surface area contributed by atoms with Crippen LogP contribution >= 0.6 is 35.2 Å². The first-order chi connectivity index (χ1) is 13.8. The number of methoxy groups -OCH3 is 1. The molecule has 0 amide bonds. The lowest BCUT2D eigenvalue weighted by molar-refractivity contribution is 0.0601. The molecule has 0 radical (unpaired) electrons. The minimum atomic E-state index is -0.401. The van der Waals surface area contributed by atoms with Crippen molar-refractivity contribution in [2.24, 2.45) is 0 Å². The van der Waals surface area contributed by atoms with E-state index in [4.69, 9.17) is 28.6 Å². The van der Waals surface area contributed by atoms with Crippen molar-refractivity contribution in [3.8, 4) is 0 Å². The number of anilines is 1. The fraction of sp³-hybridized carbons (Fsp3) is 0.400. The van der Waals surface area contributed by atoms with Crippen LogP contribution in [-0.2, 0) is 11.3 Å². The van der Waals surface area contributed by atoms with E-state index in [-0.39, 0.29) is 11.0 Å². The largest absolute Gasteiger partial charge is 0.465 e. The first-order valence-electron chi connectivity index (χ1n) is 9.20. The van der Waals surface area contributed by atoms with Crippen molar-refractivity contribution in [1.29, 1.82) is 0 Å². The SMILES string of the molecule is COC(=O)c1c(NC(=S)N2CCN(Cc3ccc(F)c(Cl)c3)CC2)sc(C)c1C. The molecule has 1 aliphatic heterocycles. The highest BCUT2D eigenvalue weighted by Crippen LogP contribution is 2.33. The molecule has 0 aliphatic carbocycles. The Kier molecular flexibility index (Phi) is 7.10. The molecule has 0 saturated carbocycles. The normalized spacial score (nSPS) is 14.7. The molecule has 9 heteroatoms. The Morgan fingerprint density at radius 3 is 2.62 bits per heavy atom. The third kappa shape index (κ3) is 5.06. The van der Waals surface area contributed by atoms with Gasteiger partial charge in [-0.25, -0.2) is 9.18 Å². The molecule has 0 bridgehead atoms. The van der Waals surface area contributed by atoms with Crippen molar-refractivity contribution in [2.75, 3.05) is 38.6 Å². The zero-order valence-electron chi connectivity index (χ0n) is 16.6. The van der Waals surface area contributed by atoms with E-state index in [2.05, 4.69) is 15.1 Å². The van der Waals surface area contributed by atoms with Crippen LogP contribution in [0.4, 0.5) is 9.39 Å². The van der Waals surface area contributed by atoms with E-state index in [1.54, 1.807) is 12.1 Å². The van der Waals surface area contributed by atoms with Gasteiger partial charge in [0, 0.05) is 37.6 Å². The van der Waals surface area contributed by atoms with Gasteiger partial charge in [0.1, 0.15) is 10.8 Å². The summed E-state index contributed by atoms with van der Waals surface area (Å²) in [6.45, 7) is 7.76. The summed E-state index contributed by atoms with van der Waals surface area (Å²) >= 11 is 13.0. The molecule has 1 N–H and O–H groups in total. The molecule has 1 aromatic carbocycles. The minimum absolute atomic E-state index is 0.148. The monoisotopic (exact) mass is 455 g/mol. The third-order valence-electron chi connectivity index (χ3n) is 5.04. The second-order valence-corrected chi connectivity index (χ2v) is 8.94. The van der Waals surface area contributed by atoms with Crippen LogP contribution in [0.25, 0.3) is 0 Å². The Hall–Kier alpha value is -1.74. The van der Waals surface area contributed by atoms with E-state index in [0.29, 0.717) is 17.2 Å². The van der Waals surface area contributed by atoms with Gasteiger partial charge in [-0.1, -0.05) is 17.7 Å². The predicted molar refractivity (Wildman–Crippen MR) is 120 cm³/mol. The Morgan fingerprint density at radius 1 is 1.31 bits per heavy atom. The molecule has 0 unspecified atom stereocenters. The second-order valence-electron chi connectivity index (χ2n) is 6.92. The molecule has 156 valence electrons. The number of hydrogen-bond acceptors (Lipinski definition) is 5. The highest BCUT2D eigenvalue weighted by molar-refractivity contribution is 7.80. The molecular weight excluding hydrogens is 433 g/mol. The number of hydrogen-bond donors (Lipinski definition) is 1. The van der Waals surface area contributed by atoms with Crippen LogP contribution < -0.4 is 5.32 Å². The fourth-order valence-corrected chi connectivity index (χ4v) is 4.84. The van der Waals surface area contributed by atoms with Gasteiger partial charge in [0.15, 0.2) is 5.11 Å². The molecule has 1 aromatic heterocycles. The summed E-state index contributed by atoms with van der Waals surface area (Å²) < 4.78 is 18.2. The van der Waals surface area contributed by atoms with Gasteiger partial charge in [0.05, 0.1) is 17.7 Å². The van der Waals surface area contributed by atoms with Crippen LogP contribution in [0, 0.1) is 19.7 Å². The number of benzene rings is 1. The van der Waals surface area contributed by atoms with Gasteiger partial charge >= 0.3 is 5.97 Å². The number of thiophene rings is 1. The number of nitrogens with zero attached hydrogens (tertiary/aromatic N) is 2. The predicted octanol–water partition coefficient (Wildman–Crippen LogP) is 4.46. The quantitative estimate of drug-likeness (QED) is 0.542. The van der Waals surface area contributed by atoms with Crippen molar-refractivity contribution >= 4 is 51.2 Å². The molecule has 2 aromatic rings. The third-order valence-corrected chi connectivity index (χ3v) is 6.82. The average molecular weight is 456 g/mol. The van der Waals surface area contributed by atoms with Gasteiger partial charge in [-0.15, -0.1) is 11.3 Å². The number of halogens is 2. The molecular formula is C20H23ClFN3O2S2. The molecule has 0 spiro atoms. The number of nitrogens with one attached hydrogen (secondary N) is 1. The summed E-state index contributed by atoms with van der Waals surface area (Å²) in [6, 6.07) is 4.83. The maximum absolute atomic E-state index is 13.3. The van der Waals surface area contributed by atoms with Crippen LogP contribution in [-0.4, -0.2) is 54.2 Å². The van der Waals surface area contributed by atoms with Crippen molar-refractivity contribution in [3.05, 3.63) is 50.6 Å². The van der Waals surface area contributed by atoms with Gasteiger partial charge in [0.25, 0.3) is 0 Å². The van der Waals surface area contributed by atoms with Gasteiger partial charge in [0.2, 0.25) is 0 Å². The minimum Gasteiger partial charge on any atom is -0.465 e. The van der Waals surface area contributed by atoms with Crippen LogP contribution in [0.3, 0.4) is 0 Å². The molecule has 1 aliphatic rings. The number of ether oxygens (including phenoxy) is 1.